The van der Waals surface area contributed by atoms with Crippen molar-refractivity contribution in [2.75, 3.05) is 0 Å². The lowest BCUT2D eigenvalue weighted by molar-refractivity contribution is 0.324. The van der Waals surface area contributed by atoms with Crippen molar-refractivity contribution in [1.29, 1.82) is 5.26 Å². The maximum Gasteiger partial charge on any atom is 0.134 e. The SMILES string of the molecule is N#CC1(c2cc3ccccc3nc2Cl)CCC1. The van der Waals surface area contributed by atoms with E-state index in [1.54, 1.807) is 0 Å². The molecule has 0 radical (unpaired) electrons. The molecular weight excluding hydrogens is 232 g/mol. The zero-order chi connectivity index (χ0) is 11.9. The molecule has 0 unspecified atom stereocenters. The Morgan fingerprint density at radius 2 is 2.06 bits per heavy atom. The number of aromatic nitrogens is 1. The van der Waals surface area contributed by atoms with E-state index < -0.39 is 5.41 Å². The number of halogens is 1. The molecule has 1 saturated carbocycles. The van der Waals surface area contributed by atoms with Gasteiger partial charge in [0.1, 0.15) is 5.15 Å². The molecule has 2 nitrogen and oxygen atoms in total. The van der Waals surface area contributed by atoms with Gasteiger partial charge in [0.25, 0.3) is 0 Å². The van der Waals surface area contributed by atoms with Gasteiger partial charge >= 0.3 is 0 Å². The standard InChI is InChI=1S/C14H11ClN2/c15-13-11(14(9-16)6-3-7-14)8-10-4-1-2-5-12(10)17-13/h1-2,4-5,8H,3,6-7H2. The van der Waals surface area contributed by atoms with Crippen LogP contribution in [0.25, 0.3) is 10.9 Å². The van der Waals surface area contributed by atoms with Gasteiger partial charge in [-0.15, -0.1) is 0 Å². The molecule has 1 aromatic carbocycles. The Bertz CT molecular complexity index is 624. The van der Waals surface area contributed by atoms with Crippen LogP contribution in [0.15, 0.2) is 30.3 Å². The van der Waals surface area contributed by atoms with Crippen LogP contribution in [-0.2, 0) is 5.41 Å². The van der Waals surface area contributed by atoms with Gasteiger partial charge in [-0.25, -0.2) is 4.98 Å². The first-order chi connectivity index (χ1) is 8.25. The summed E-state index contributed by atoms with van der Waals surface area (Å²) >= 11 is 6.22. The molecule has 0 bridgehead atoms. The molecule has 0 amide bonds. The van der Waals surface area contributed by atoms with Gasteiger partial charge < -0.3 is 0 Å². The molecule has 1 aliphatic rings. The van der Waals surface area contributed by atoms with Crippen LogP contribution >= 0.6 is 11.6 Å². The number of fused-ring (bicyclic) bond motifs is 1. The van der Waals surface area contributed by atoms with Crippen molar-refractivity contribution in [2.24, 2.45) is 0 Å². The fourth-order valence-corrected chi connectivity index (χ4v) is 2.73. The molecule has 17 heavy (non-hydrogen) atoms. The second kappa shape index (κ2) is 3.72. The Labute approximate surface area is 105 Å². The summed E-state index contributed by atoms with van der Waals surface area (Å²) in [4.78, 5) is 4.39. The van der Waals surface area contributed by atoms with Gasteiger partial charge in [-0.3, -0.25) is 0 Å². The van der Waals surface area contributed by atoms with Crippen LogP contribution in [0, 0.1) is 11.3 Å². The van der Waals surface area contributed by atoms with E-state index in [9.17, 15) is 5.26 Å². The number of nitriles is 1. The molecule has 1 fully saturated rings. The average Bonchev–Trinajstić information content (AvgIpc) is 2.29. The third-order valence-electron chi connectivity index (χ3n) is 3.61. The van der Waals surface area contributed by atoms with Gasteiger partial charge in [0.2, 0.25) is 0 Å². The van der Waals surface area contributed by atoms with E-state index in [1.807, 2.05) is 30.3 Å². The van der Waals surface area contributed by atoms with Crippen molar-refractivity contribution in [3.63, 3.8) is 0 Å². The maximum atomic E-state index is 9.35. The first kappa shape index (κ1) is 10.6. The Kier molecular flexibility index (Phi) is 2.31. The Balaban J connectivity index is 2.24. The number of rotatable bonds is 1. The molecule has 0 atom stereocenters. The van der Waals surface area contributed by atoms with Crippen LogP contribution in [0.1, 0.15) is 24.8 Å². The third kappa shape index (κ3) is 1.50. The van der Waals surface area contributed by atoms with Crippen LogP contribution in [0.4, 0.5) is 0 Å². The van der Waals surface area contributed by atoms with Gasteiger partial charge in [-0.1, -0.05) is 29.8 Å². The normalized spacial score (nSPS) is 17.4. The van der Waals surface area contributed by atoms with Crippen LogP contribution in [0.3, 0.4) is 0 Å². The summed E-state index contributed by atoms with van der Waals surface area (Å²) in [6.07, 6.45) is 2.88. The number of para-hydroxylation sites is 1. The van der Waals surface area contributed by atoms with Crippen molar-refractivity contribution >= 4 is 22.5 Å². The zero-order valence-electron chi connectivity index (χ0n) is 9.28. The highest BCUT2D eigenvalue weighted by Gasteiger charge is 2.41. The third-order valence-corrected chi connectivity index (χ3v) is 3.90. The fraction of sp³-hybridized carbons (Fsp3) is 0.286. The van der Waals surface area contributed by atoms with Crippen molar-refractivity contribution in [3.8, 4) is 6.07 Å². The molecule has 1 aromatic heterocycles. The summed E-state index contributed by atoms with van der Waals surface area (Å²) in [5.41, 5.74) is 1.38. The Morgan fingerprint density at radius 3 is 2.71 bits per heavy atom. The minimum absolute atomic E-state index is 0.395. The van der Waals surface area contributed by atoms with E-state index >= 15 is 0 Å². The predicted octanol–water partition coefficient (Wildman–Crippen LogP) is 3.83. The molecule has 1 heterocycles. The summed E-state index contributed by atoms with van der Waals surface area (Å²) in [6, 6.07) is 12.3. The quantitative estimate of drug-likeness (QED) is 0.713. The number of nitrogens with zero attached hydrogens (tertiary/aromatic N) is 2. The molecule has 84 valence electrons. The highest BCUT2D eigenvalue weighted by Crippen LogP contribution is 2.45. The average molecular weight is 243 g/mol. The number of hydrogen-bond donors (Lipinski definition) is 0. The summed E-state index contributed by atoms with van der Waals surface area (Å²) in [6.45, 7) is 0. The first-order valence-corrected chi connectivity index (χ1v) is 6.10. The monoisotopic (exact) mass is 242 g/mol. The number of hydrogen-bond acceptors (Lipinski definition) is 2. The molecule has 3 heteroatoms. The highest BCUT2D eigenvalue weighted by molar-refractivity contribution is 6.30. The predicted molar refractivity (Wildman–Crippen MR) is 67.9 cm³/mol. The molecular formula is C14H11ClN2. The van der Waals surface area contributed by atoms with Crippen LogP contribution in [0.5, 0.6) is 0 Å². The molecule has 2 aromatic rings. The topological polar surface area (TPSA) is 36.7 Å². The van der Waals surface area contributed by atoms with Crippen molar-refractivity contribution in [1.82, 2.24) is 4.98 Å². The van der Waals surface area contributed by atoms with Gasteiger partial charge in [0.05, 0.1) is 17.0 Å². The summed E-state index contributed by atoms with van der Waals surface area (Å²) in [5.74, 6) is 0. The van der Waals surface area contributed by atoms with Crippen molar-refractivity contribution in [2.45, 2.75) is 24.7 Å². The van der Waals surface area contributed by atoms with E-state index in [4.69, 9.17) is 11.6 Å². The van der Waals surface area contributed by atoms with Crippen molar-refractivity contribution < 1.29 is 0 Å². The van der Waals surface area contributed by atoms with Crippen LogP contribution < -0.4 is 0 Å². The first-order valence-electron chi connectivity index (χ1n) is 5.72. The molecule has 1 aliphatic carbocycles. The second-order valence-corrected chi connectivity index (χ2v) is 4.92. The van der Waals surface area contributed by atoms with Gasteiger partial charge in [-0.05, 0) is 31.4 Å². The molecule has 0 spiro atoms. The Morgan fingerprint density at radius 1 is 1.29 bits per heavy atom. The highest BCUT2D eigenvalue weighted by atomic mass is 35.5. The lowest BCUT2D eigenvalue weighted by atomic mass is 9.66. The minimum Gasteiger partial charge on any atom is -0.236 e. The van der Waals surface area contributed by atoms with E-state index in [0.29, 0.717) is 5.15 Å². The van der Waals surface area contributed by atoms with Gasteiger partial charge in [0, 0.05) is 10.9 Å². The zero-order valence-corrected chi connectivity index (χ0v) is 10.0. The lowest BCUT2D eigenvalue weighted by Gasteiger charge is -2.35. The lowest BCUT2D eigenvalue weighted by Crippen LogP contribution is -2.32. The van der Waals surface area contributed by atoms with E-state index in [0.717, 1.165) is 35.7 Å². The van der Waals surface area contributed by atoms with Crippen LogP contribution in [-0.4, -0.2) is 4.98 Å². The molecule has 3 rings (SSSR count). The smallest absolute Gasteiger partial charge is 0.134 e. The number of pyridine rings is 1. The molecule has 0 N–H and O–H groups in total. The van der Waals surface area contributed by atoms with Crippen LogP contribution in [0.2, 0.25) is 5.15 Å². The fourth-order valence-electron chi connectivity index (χ4n) is 2.40. The summed E-state index contributed by atoms with van der Waals surface area (Å²) in [7, 11) is 0. The Hall–Kier alpha value is -1.59. The molecule has 0 saturated heterocycles. The largest absolute Gasteiger partial charge is 0.236 e. The second-order valence-electron chi connectivity index (χ2n) is 4.57. The van der Waals surface area contributed by atoms with Gasteiger partial charge in [-0.2, -0.15) is 5.26 Å². The number of benzene rings is 1. The minimum atomic E-state index is -0.395. The molecule has 0 aliphatic heterocycles. The van der Waals surface area contributed by atoms with Crippen molar-refractivity contribution in [3.05, 3.63) is 41.0 Å². The maximum absolute atomic E-state index is 9.35. The van der Waals surface area contributed by atoms with E-state index in [1.165, 1.54) is 0 Å². The van der Waals surface area contributed by atoms with E-state index in [-0.39, 0.29) is 0 Å². The van der Waals surface area contributed by atoms with Gasteiger partial charge in [0.15, 0.2) is 0 Å². The summed E-state index contributed by atoms with van der Waals surface area (Å²) < 4.78 is 0. The van der Waals surface area contributed by atoms with E-state index in [2.05, 4.69) is 11.1 Å². The summed E-state index contributed by atoms with van der Waals surface area (Å²) in [5, 5.41) is 10.9.